The van der Waals surface area contributed by atoms with Crippen molar-refractivity contribution >= 4 is 16.4 Å². The predicted octanol–water partition coefficient (Wildman–Crippen LogP) is 19.0. The maximum Gasteiger partial charge on any atom is 0.303 e. The van der Waals surface area contributed by atoms with Crippen molar-refractivity contribution in [1.82, 2.24) is 0 Å². The van der Waals surface area contributed by atoms with Gasteiger partial charge >= 0.3 is 5.97 Å². The second kappa shape index (κ2) is 57.6. The molecule has 8 heteroatoms. The SMILES string of the molecule is CCCCCCCCCCCCCCCCCC(=O)O.CCCCCCCCCCCCCCCCCC[N+](C)(C)CCCCCCCCCCCCCCCCCC.COS(=O)(=O)[O-]. The van der Waals surface area contributed by atoms with Gasteiger partial charge in [-0.25, -0.2) is 8.42 Å². The van der Waals surface area contributed by atoms with Gasteiger partial charge in [0.25, 0.3) is 0 Å². The van der Waals surface area contributed by atoms with Crippen LogP contribution in [0.5, 0.6) is 0 Å². The summed E-state index contributed by atoms with van der Waals surface area (Å²) in [6.45, 7) is 9.66. The quantitative estimate of drug-likeness (QED) is 0.0282. The summed E-state index contributed by atoms with van der Waals surface area (Å²) in [6.07, 6.45) is 67.1. The molecule has 0 amide bonds. The Kier molecular flexibility index (Phi) is 60.8. The van der Waals surface area contributed by atoms with Gasteiger partial charge in [-0.1, -0.05) is 290 Å². The molecule has 0 fully saturated rings. The number of hydrogen-bond acceptors (Lipinski definition) is 5. The zero-order valence-electron chi connectivity index (χ0n) is 45.2. The zero-order valence-corrected chi connectivity index (χ0v) is 46.0. The number of hydrogen-bond donors (Lipinski definition) is 1. The normalized spacial score (nSPS) is 11.6. The van der Waals surface area contributed by atoms with E-state index in [-0.39, 0.29) is 0 Å². The van der Waals surface area contributed by atoms with Crippen molar-refractivity contribution in [3.05, 3.63) is 0 Å². The zero-order chi connectivity index (χ0) is 48.6. The summed E-state index contributed by atoms with van der Waals surface area (Å²) in [6, 6.07) is 0. The summed E-state index contributed by atoms with van der Waals surface area (Å²) in [7, 11) is 1.33. The van der Waals surface area contributed by atoms with E-state index in [0.29, 0.717) is 6.42 Å². The third-order valence-corrected chi connectivity index (χ3v) is 13.8. The summed E-state index contributed by atoms with van der Waals surface area (Å²) in [5.41, 5.74) is 0. The van der Waals surface area contributed by atoms with E-state index in [2.05, 4.69) is 39.0 Å². The Bertz CT molecular complexity index is 952. The second-order valence-corrected chi connectivity index (χ2v) is 21.8. The summed E-state index contributed by atoms with van der Waals surface area (Å²) in [5.74, 6) is -0.653. The molecule has 7 nitrogen and oxygen atoms in total. The van der Waals surface area contributed by atoms with E-state index in [1.807, 2.05) is 0 Å². The maximum absolute atomic E-state index is 10.3. The highest BCUT2D eigenvalue weighted by molar-refractivity contribution is 7.80. The largest absolute Gasteiger partial charge is 0.726 e. The van der Waals surface area contributed by atoms with E-state index in [0.717, 1.165) is 20.0 Å². The molecule has 0 unspecified atom stereocenters. The molecule has 0 aliphatic heterocycles. The Labute approximate surface area is 409 Å². The summed E-state index contributed by atoms with van der Waals surface area (Å²) in [4.78, 5) is 10.3. The minimum atomic E-state index is -4.41. The van der Waals surface area contributed by atoms with E-state index in [1.54, 1.807) is 0 Å². The first-order valence-electron chi connectivity index (χ1n) is 29.0. The van der Waals surface area contributed by atoms with Crippen LogP contribution in [0, 0.1) is 0 Å². The Morgan fingerprint density at radius 3 is 0.677 bits per heavy atom. The lowest BCUT2D eigenvalue weighted by Crippen LogP contribution is -2.41. The number of carbonyl (C=O) groups is 1. The number of aliphatic carboxylic acids is 1. The van der Waals surface area contributed by atoms with Gasteiger partial charge in [0.15, 0.2) is 0 Å². The highest BCUT2D eigenvalue weighted by Crippen LogP contribution is 2.17. The fraction of sp³-hybridized carbons (Fsp3) is 0.982. The minimum absolute atomic E-state index is 0.345. The van der Waals surface area contributed by atoms with Crippen LogP contribution in [-0.2, 0) is 19.4 Å². The van der Waals surface area contributed by atoms with Gasteiger partial charge in [0, 0.05) is 6.42 Å². The second-order valence-electron chi connectivity index (χ2n) is 20.7. The van der Waals surface area contributed by atoms with Crippen LogP contribution in [0.3, 0.4) is 0 Å². The molecule has 0 aromatic rings. The molecule has 0 spiro atoms. The Morgan fingerprint density at radius 2 is 0.523 bits per heavy atom. The molecule has 0 aromatic carbocycles. The molecular weight excluding hydrogens is 827 g/mol. The number of quaternary nitrogens is 1. The van der Waals surface area contributed by atoms with Gasteiger partial charge in [0.05, 0.1) is 34.3 Å². The topological polar surface area (TPSA) is 104 Å². The third-order valence-electron chi connectivity index (χ3n) is 13.4. The van der Waals surface area contributed by atoms with Crippen molar-refractivity contribution in [2.75, 3.05) is 34.3 Å². The van der Waals surface area contributed by atoms with Crippen LogP contribution in [0.1, 0.15) is 329 Å². The van der Waals surface area contributed by atoms with E-state index in [4.69, 9.17) is 5.11 Å². The van der Waals surface area contributed by atoms with Gasteiger partial charge < -0.3 is 14.1 Å². The standard InChI is InChI=1S/C38H80N.C18H36O2.CH4O4S/c1-5-7-9-11-13-15-17-19-21-23-25-27-29-31-33-35-37-39(3,4)38-36-34-32-30-28-26-24-22-20-18-16-14-12-10-8-6-2;1-2-3-4-5-6-7-8-9-10-11-12-13-14-15-16-17-18(19)20;1-5-6(2,3)4/h5-38H2,1-4H3;2-17H2,1H3,(H,19,20);1H3,(H,2,3,4)/q+1;;/p-1. The molecule has 0 radical (unpaired) electrons. The summed E-state index contributed by atoms with van der Waals surface area (Å²) in [5, 5.41) is 8.52. The van der Waals surface area contributed by atoms with Gasteiger partial charge in [-0.05, 0) is 32.1 Å². The van der Waals surface area contributed by atoms with Crippen LogP contribution in [0.4, 0.5) is 0 Å². The lowest BCUT2D eigenvalue weighted by Gasteiger charge is -2.30. The highest BCUT2D eigenvalue weighted by atomic mass is 32.3. The van der Waals surface area contributed by atoms with Crippen LogP contribution < -0.4 is 0 Å². The average molecular weight is 947 g/mol. The van der Waals surface area contributed by atoms with Crippen molar-refractivity contribution in [3.63, 3.8) is 0 Å². The van der Waals surface area contributed by atoms with Crippen molar-refractivity contribution in [3.8, 4) is 0 Å². The van der Waals surface area contributed by atoms with Crippen LogP contribution in [-0.4, -0.2) is 62.8 Å². The van der Waals surface area contributed by atoms with Gasteiger partial charge in [0.2, 0.25) is 10.4 Å². The van der Waals surface area contributed by atoms with Gasteiger partial charge in [-0.2, -0.15) is 0 Å². The molecule has 0 heterocycles. The van der Waals surface area contributed by atoms with Crippen LogP contribution in [0.2, 0.25) is 0 Å². The Morgan fingerprint density at radius 1 is 0.369 bits per heavy atom. The fourth-order valence-electron chi connectivity index (χ4n) is 8.94. The number of rotatable bonds is 51. The van der Waals surface area contributed by atoms with Crippen molar-refractivity contribution in [1.29, 1.82) is 0 Å². The minimum Gasteiger partial charge on any atom is -0.726 e. The molecule has 0 bridgehead atoms. The summed E-state index contributed by atoms with van der Waals surface area (Å²) < 4.78 is 32.3. The molecule has 0 atom stereocenters. The molecule has 65 heavy (non-hydrogen) atoms. The van der Waals surface area contributed by atoms with Crippen molar-refractivity contribution in [2.45, 2.75) is 329 Å². The van der Waals surface area contributed by atoms with Crippen molar-refractivity contribution < 1.29 is 31.5 Å². The maximum atomic E-state index is 10.3. The smallest absolute Gasteiger partial charge is 0.303 e. The highest BCUT2D eigenvalue weighted by Gasteiger charge is 2.13. The fourth-order valence-corrected chi connectivity index (χ4v) is 8.94. The Balaban J connectivity index is -0.00000122. The molecule has 0 saturated heterocycles. The molecule has 0 aliphatic rings. The average Bonchev–Trinajstić information content (AvgIpc) is 3.27. The monoisotopic (exact) mass is 946 g/mol. The van der Waals surface area contributed by atoms with E-state index in [9.17, 15) is 17.8 Å². The first-order valence-corrected chi connectivity index (χ1v) is 30.3. The summed E-state index contributed by atoms with van der Waals surface area (Å²) >= 11 is 0. The van der Waals surface area contributed by atoms with Crippen LogP contribution in [0.25, 0.3) is 0 Å². The van der Waals surface area contributed by atoms with E-state index >= 15 is 0 Å². The number of unbranched alkanes of at least 4 members (excludes halogenated alkanes) is 44. The first kappa shape index (κ1) is 68.6. The number of nitrogens with zero attached hydrogens (tertiary/aromatic N) is 1. The van der Waals surface area contributed by atoms with Crippen molar-refractivity contribution in [2.24, 2.45) is 0 Å². The molecule has 1 N–H and O–H groups in total. The Hall–Kier alpha value is -0.700. The molecule has 0 rings (SSSR count). The lowest BCUT2D eigenvalue weighted by molar-refractivity contribution is -0.890. The lowest BCUT2D eigenvalue weighted by atomic mass is 10.0. The molecule has 0 aromatic heterocycles. The molecular formula is C57H119NO6S. The molecule has 394 valence electrons. The van der Waals surface area contributed by atoms with Crippen LogP contribution in [0.15, 0.2) is 0 Å². The number of carboxylic acids is 1. The molecule has 0 aliphatic carbocycles. The van der Waals surface area contributed by atoms with Gasteiger partial charge in [0.1, 0.15) is 0 Å². The third kappa shape index (κ3) is 72.4. The van der Waals surface area contributed by atoms with Crippen LogP contribution >= 0.6 is 0 Å². The van der Waals surface area contributed by atoms with Gasteiger partial charge in [-0.15, -0.1) is 0 Å². The van der Waals surface area contributed by atoms with Gasteiger partial charge in [-0.3, -0.25) is 8.98 Å². The number of carboxylic acid groups (broad SMARTS) is 1. The molecule has 0 saturated carbocycles. The van der Waals surface area contributed by atoms with E-state index < -0.39 is 16.4 Å². The first-order chi connectivity index (χ1) is 31.5. The predicted molar refractivity (Wildman–Crippen MR) is 285 cm³/mol. The van der Waals surface area contributed by atoms with E-state index in [1.165, 1.54) is 307 Å².